The quantitative estimate of drug-likeness (QED) is 0.465. The molecule has 0 aliphatic carbocycles. The number of nitrogens with zero attached hydrogens (tertiary/aromatic N) is 1. The van der Waals surface area contributed by atoms with E-state index in [0.29, 0.717) is 12.0 Å². The molecule has 0 spiro atoms. The molecule has 1 heterocycles. The minimum Gasteiger partial charge on any atom is -0.497 e. The van der Waals surface area contributed by atoms with E-state index in [9.17, 15) is 22.8 Å². The van der Waals surface area contributed by atoms with Crippen molar-refractivity contribution in [3.8, 4) is 5.75 Å². The SMILES string of the molecule is COc1ccc(CCN2C(=O)NC(CC(=O)NCc3ccc(S(N)(=O)=O)cc3)C2=O)cc1. The number of hydrogen-bond donors (Lipinski definition) is 3. The number of carbonyl (C=O) groups excluding carboxylic acids is 3. The zero-order chi connectivity index (χ0) is 23.3. The van der Waals surface area contributed by atoms with E-state index in [2.05, 4.69) is 10.6 Å². The van der Waals surface area contributed by atoms with Crippen LogP contribution in [0.25, 0.3) is 0 Å². The van der Waals surface area contributed by atoms with Gasteiger partial charge < -0.3 is 15.4 Å². The van der Waals surface area contributed by atoms with Crippen LogP contribution in [-0.2, 0) is 32.6 Å². The van der Waals surface area contributed by atoms with E-state index in [1.807, 2.05) is 12.1 Å². The molecule has 170 valence electrons. The zero-order valence-corrected chi connectivity index (χ0v) is 18.2. The van der Waals surface area contributed by atoms with E-state index < -0.39 is 33.9 Å². The lowest BCUT2D eigenvalue weighted by Gasteiger charge is -2.13. The van der Waals surface area contributed by atoms with Gasteiger partial charge in [-0.3, -0.25) is 14.5 Å². The number of nitrogens with two attached hydrogens (primary N) is 1. The van der Waals surface area contributed by atoms with Gasteiger partial charge in [-0.2, -0.15) is 0 Å². The highest BCUT2D eigenvalue weighted by Gasteiger charge is 2.38. The average Bonchev–Trinajstić information content (AvgIpc) is 3.03. The summed E-state index contributed by atoms with van der Waals surface area (Å²) in [6.45, 7) is 0.339. The molecule has 0 radical (unpaired) electrons. The van der Waals surface area contributed by atoms with Crippen molar-refractivity contribution in [1.29, 1.82) is 0 Å². The Labute approximate surface area is 185 Å². The summed E-state index contributed by atoms with van der Waals surface area (Å²) in [5, 5.41) is 10.2. The van der Waals surface area contributed by atoms with Crippen molar-refractivity contribution in [3.05, 3.63) is 59.7 Å². The molecule has 10 nitrogen and oxygen atoms in total. The summed E-state index contributed by atoms with van der Waals surface area (Å²) >= 11 is 0. The Balaban J connectivity index is 1.48. The third-order valence-corrected chi connectivity index (χ3v) is 5.95. The molecule has 0 aromatic heterocycles. The Bertz CT molecular complexity index is 1100. The number of carbonyl (C=O) groups is 3. The maximum absolute atomic E-state index is 12.6. The molecule has 1 atom stereocenters. The first kappa shape index (κ1) is 23.2. The molecule has 0 bridgehead atoms. The van der Waals surface area contributed by atoms with E-state index in [1.165, 1.54) is 24.3 Å². The third-order valence-electron chi connectivity index (χ3n) is 5.02. The lowest BCUT2D eigenvalue weighted by atomic mass is 10.1. The number of methoxy groups -OCH3 is 1. The van der Waals surface area contributed by atoms with Crippen LogP contribution in [0.4, 0.5) is 4.79 Å². The first-order valence-corrected chi connectivity index (χ1v) is 11.4. The Morgan fingerprint density at radius 2 is 1.72 bits per heavy atom. The van der Waals surface area contributed by atoms with Crippen LogP contribution in [0, 0.1) is 0 Å². The van der Waals surface area contributed by atoms with Gasteiger partial charge >= 0.3 is 6.03 Å². The van der Waals surface area contributed by atoms with Gasteiger partial charge in [0.15, 0.2) is 0 Å². The number of rotatable bonds is 9. The number of imide groups is 1. The number of primary sulfonamides is 1. The van der Waals surface area contributed by atoms with Crippen LogP contribution in [-0.4, -0.2) is 50.9 Å². The Kier molecular flexibility index (Phi) is 7.11. The molecular formula is C21H24N4O6S. The van der Waals surface area contributed by atoms with Crippen molar-refractivity contribution < 1.29 is 27.5 Å². The fraction of sp³-hybridized carbons (Fsp3) is 0.286. The highest BCUT2D eigenvalue weighted by Crippen LogP contribution is 2.15. The van der Waals surface area contributed by atoms with Crippen molar-refractivity contribution in [3.63, 3.8) is 0 Å². The molecule has 2 aromatic carbocycles. The molecule has 11 heteroatoms. The predicted molar refractivity (Wildman–Crippen MR) is 115 cm³/mol. The maximum atomic E-state index is 12.6. The monoisotopic (exact) mass is 460 g/mol. The molecule has 4 N–H and O–H groups in total. The number of urea groups is 1. The predicted octanol–water partition coefficient (Wildman–Crippen LogP) is 0.512. The minimum atomic E-state index is -3.78. The van der Waals surface area contributed by atoms with E-state index in [1.54, 1.807) is 19.2 Å². The van der Waals surface area contributed by atoms with Gasteiger partial charge in [0.25, 0.3) is 5.91 Å². The minimum absolute atomic E-state index is 0.0263. The highest BCUT2D eigenvalue weighted by atomic mass is 32.2. The second-order valence-electron chi connectivity index (χ2n) is 7.26. The number of ether oxygens (including phenoxy) is 1. The van der Waals surface area contributed by atoms with E-state index in [0.717, 1.165) is 16.2 Å². The van der Waals surface area contributed by atoms with Crippen LogP contribution in [0.3, 0.4) is 0 Å². The average molecular weight is 461 g/mol. The third kappa shape index (κ3) is 5.83. The Morgan fingerprint density at radius 3 is 2.31 bits per heavy atom. The molecule has 32 heavy (non-hydrogen) atoms. The topological polar surface area (TPSA) is 148 Å². The summed E-state index contributed by atoms with van der Waals surface area (Å²) in [5.74, 6) is -0.150. The fourth-order valence-corrected chi connectivity index (χ4v) is 3.73. The van der Waals surface area contributed by atoms with Gasteiger partial charge in [0.2, 0.25) is 15.9 Å². The van der Waals surface area contributed by atoms with Gasteiger partial charge in [0.05, 0.1) is 18.4 Å². The zero-order valence-electron chi connectivity index (χ0n) is 17.4. The number of sulfonamides is 1. The van der Waals surface area contributed by atoms with Crippen molar-refractivity contribution in [2.75, 3.05) is 13.7 Å². The first-order valence-electron chi connectivity index (χ1n) is 9.80. The van der Waals surface area contributed by atoms with Crippen LogP contribution in [0.5, 0.6) is 5.75 Å². The van der Waals surface area contributed by atoms with Gasteiger partial charge in [-0.25, -0.2) is 18.4 Å². The summed E-state index contributed by atoms with van der Waals surface area (Å²) in [7, 11) is -2.21. The van der Waals surface area contributed by atoms with Crippen LogP contribution in [0.2, 0.25) is 0 Å². The lowest BCUT2D eigenvalue weighted by Crippen LogP contribution is -2.36. The second kappa shape index (κ2) is 9.79. The molecule has 1 fully saturated rings. The smallest absolute Gasteiger partial charge is 0.324 e. The van der Waals surface area contributed by atoms with Gasteiger partial charge in [-0.05, 0) is 41.8 Å². The highest BCUT2D eigenvalue weighted by molar-refractivity contribution is 7.89. The molecule has 2 aromatic rings. The van der Waals surface area contributed by atoms with Crippen LogP contribution >= 0.6 is 0 Å². The number of benzene rings is 2. The van der Waals surface area contributed by atoms with E-state index in [4.69, 9.17) is 9.88 Å². The standard InChI is InChI=1S/C21H24N4O6S/c1-31-16-6-2-14(3-7-16)10-11-25-20(27)18(24-21(25)28)12-19(26)23-13-15-4-8-17(9-5-15)32(22,29)30/h2-9,18H,10-13H2,1H3,(H,23,26)(H,24,28)(H2,22,29,30). The van der Waals surface area contributed by atoms with Crippen molar-refractivity contribution in [2.45, 2.75) is 30.3 Å². The van der Waals surface area contributed by atoms with Gasteiger partial charge in [0.1, 0.15) is 11.8 Å². The van der Waals surface area contributed by atoms with Crippen molar-refractivity contribution >= 4 is 27.9 Å². The molecule has 1 unspecified atom stereocenters. The molecular weight excluding hydrogens is 436 g/mol. The Morgan fingerprint density at radius 1 is 1.09 bits per heavy atom. The summed E-state index contributed by atoms with van der Waals surface area (Å²) < 4.78 is 27.6. The largest absolute Gasteiger partial charge is 0.497 e. The molecule has 1 aliphatic rings. The summed E-state index contributed by atoms with van der Waals surface area (Å²) in [5.41, 5.74) is 1.61. The summed E-state index contributed by atoms with van der Waals surface area (Å²) in [6.07, 6.45) is 0.287. The molecule has 4 amide bonds. The van der Waals surface area contributed by atoms with Gasteiger partial charge in [-0.1, -0.05) is 24.3 Å². The van der Waals surface area contributed by atoms with E-state index >= 15 is 0 Å². The van der Waals surface area contributed by atoms with Crippen LogP contribution < -0.4 is 20.5 Å². The number of nitrogens with one attached hydrogen (secondary N) is 2. The van der Waals surface area contributed by atoms with Gasteiger partial charge in [-0.15, -0.1) is 0 Å². The first-order chi connectivity index (χ1) is 15.2. The molecule has 1 saturated heterocycles. The fourth-order valence-electron chi connectivity index (χ4n) is 3.22. The summed E-state index contributed by atoms with van der Waals surface area (Å²) in [4.78, 5) is 38.0. The number of amides is 4. The normalized spacial score (nSPS) is 16.1. The summed E-state index contributed by atoms with van der Waals surface area (Å²) in [6, 6.07) is 11.6. The lowest BCUT2D eigenvalue weighted by molar-refractivity contribution is -0.130. The van der Waals surface area contributed by atoms with Gasteiger partial charge in [0, 0.05) is 13.1 Å². The molecule has 0 saturated carbocycles. The maximum Gasteiger partial charge on any atom is 0.324 e. The van der Waals surface area contributed by atoms with Crippen LogP contribution in [0.15, 0.2) is 53.4 Å². The van der Waals surface area contributed by atoms with E-state index in [-0.39, 0.29) is 24.4 Å². The van der Waals surface area contributed by atoms with Crippen molar-refractivity contribution in [2.24, 2.45) is 5.14 Å². The Hall–Kier alpha value is -3.44. The van der Waals surface area contributed by atoms with Crippen molar-refractivity contribution in [1.82, 2.24) is 15.5 Å². The van der Waals surface area contributed by atoms with Crippen LogP contribution in [0.1, 0.15) is 17.5 Å². The molecule has 1 aliphatic heterocycles. The second-order valence-corrected chi connectivity index (χ2v) is 8.82. The molecule has 3 rings (SSSR count). The number of hydrogen-bond acceptors (Lipinski definition) is 6.